The van der Waals surface area contributed by atoms with Crippen molar-refractivity contribution in [2.45, 2.75) is 12.8 Å². The molecule has 0 saturated heterocycles. The van der Waals surface area contributed by atoms with E-state index in [2.05, 4.69) is 12.1 Å². The van der Waals surface area contributed by atoms with Gasteiger partial charge in [0.15, 0.2) is 11.5 Å². The molecule has 0 aliphatic heterocycles. The highest BCUT2D eigenvalue weighted by Gasteiger charge is 2.10. The highest BCUT2D eigenvalue weighted by atomic mass is 16.5. The van der Waals surface area contributed by atoms with E-state index in [1.54, 1.807) is 20.3 Å². The van der Waals surface area contributed by atoms with E-state index in [1.165, 1.54) is 5.56 Å². The molecule has 0 N–H and O–H groups in total. The van der Waals surface area contributed by atoms with E-state index in [9.17, 15) is 4.79 Å². The first-order valence-electron chi connectivity index (χ1n) is 6.52. The monoisotopic (exact) mass is 270 g/mol. The van der Waals surface area contributed by atoms with E-state index in [0.29, 0.717) is 17.1 Å². The average Bonchev–Trinajstić information content (AvgIpc) is 2.52. The number of carbonyl (C=O) groups excluding carboxylic acids is 1. The summed E-state index contributed by atoms with van der Waals surface area (Å²) >= 11 is 0. The zero-order valence-corrected chi connectivity index (χ0v) is 11.8. The maximum atomic E-state index is 11.2. The number of aryl methyl sites for hydroxylation is 2. The van der Waals surface area contributed by atoms with Gasteiger partial charge in [0.2, 0.25) is 0 Å². The van der Waals surface area contributed by atoms with Gasteiger partial charge in [-0.15, -0.1) is 0 Å². The normalized spacial score (nSPS) is 10.1. The van der Waals surface area contributed by atoms with E-state index in [-0.39, 0.29) is 0 Å². The molecule has 0 amide bonds. The lowest BCUT2D eigenvalue weighted by Crippen LogP contribution is -2.00. The quantitative estimate of drug-likeness (QED) is 0.755. The van der Waals surface area contributed by atoms with E-state index in [0.717, 1.165) is 24.7 Å². The largest absolute Gasteiger partial charge is 0.493 e. The second-order valence-corrected chi connectivity index (χ2v) is 4.51. The van der Waals surface area contributed by atoms with Crippen LogP contribution in [0.1, 0.15) is 21.5 Å². The second-order valence-electron chi connectivity index (χ2n) is 4.51. The van der Waals surface area contributed by atoms with E-state index in [4.69, 9.17) is 9.47 Å². The zero-order valence-electron chi connectivity index (χ0n) is 11.8. The summed E-state index contributed by atoms with van der Waals surface area (Å²) in [7, 11) is 3.16. The Morgan fingerprint density at radius 2 is 1.60 bits per heavy atom. The maximum Gasteiger partial charge on any atom is 0.161 e. The smallest absolute Gasteiger partial charge is 0.161 e. The van der Waals surface area contributed by atoms with Crippen molar-refractivity contribution in [3.05, 3.63) is 59.2 Å². The Kier molecular flexibility index (Phi) is 4.77. The molecule has 0 bridgehead atoms. The summed E-state index contributed by atoms with van der Waals surface area (Å²) in [6.45, 7) is 0. The van der Waals surface area contributed by atoms with Gasteiger partial charge in [-0.2, -0.15) is 0 Å². The van der Waals surface area contributed by atoms with Gasteiger partial charge in [-0.25, -0.2) is 0 Å². The van der Waals surface area contributed by atoms with Gasteiger partial charge in [-0.1, -0.05) is 30.3 Å². The number of aldehydes is 1. The van der Waals surface area contributed by atoms with Crippen molar-refractivity contribution in [3.63, 3.8) is 0 Å². The summed E-state index contributed by atoms with van der Waals surface area (Å²) in [5.41, 5.74) is 2.87. The third-order valence-electron chi connectivity index (χ3n) is 3.30. The van der Waals surface area contributed by atoms with Crippen molar-refractivity contribution in [1.82, 2.24) is 0 Å². The van der Waals surface area contributed by atoms with Crippen molar-refractivity contribution in [3.8, 4) is 11.5 Å². The first-order chi connectivity index (χ1) is 9.78. The fraction of sp³-hybridized carbons (Fsp3) is 0.235. The number of hydrogen-bond acceptors (Lipinski definition) is 3. The first-order valence-corrected chi connectivity index (χ1v) is 6.52. The predicted octanol–water partition coefficient (Wildman–Crippen LogP) is 3.30. The molecule has 2 aromatic carbocycles. The van der Waals surface area contributed by atoms with Gasteiger partial charge in [-0.3, -0.25) is 4.79 Å². The van der Waals surface area contributed by atoms with Crippen LogP contribution in [0, 0.1) is 0 Å². The van der Waals surface area contributed by atoms with Gasteiger partial charge in [0.25, 0.3) is 0 Å². The summed E-state index contributed by atoms with van der Waals surface area (Å²) in [4.78, 5) is 11.2. The van der Waals surface area contributed by atoms with Crippen molar-refractivity contribution in [1.29, 1.82) is 0 Å². The van der Waals surface area contributed by atoms with Crippen LogP contribution in [0.25, 0.3) is 0 Å². The maximum absolute atomic E-state index is 11.2. The SMILES string of the molecule is COc1cc(C=O)c(CCc2ccccc2)cc1OC. The van der Waals surface area contributed by atoms with Crippen molar-refractivity contribution >= 4 is 6.29 Å². The number of rotatable bonds is 6. The fourth-order valence-electron chi connectivity index (χ4n) is 2.19. The first kappa shape index (κ1) is 14.1. The van der Waals surface area contributed by atoms with Gasteiger partial charge in [0.1, 0.15) is 6.29 Å². The summed E-state index contributed by atoms with van der Waals surface area (Å²) in [6, 6.07) is 13.8. The molecule has 0 radical (unpaired) electrons. The Morgan fingerprint density at radius 3 is 2.20 bits per heavy atom. The van der Waals surface area contributed by atoms with Crippen LogP contribution >= 0.6 is 0 Å². The molecule has 0 heterocycles. The topological polar surface area (TPSA) is 35.5 Å². The molecule has 0 fully saturated rings. The minimum absolute atomic E-state index is 0.582. The minimum atomic E-state index is 0.582. The lowest BCUT2D eigenvalue weighted by molar-refractivity contribution is 0.112. The van der Waals surface area contributed by atoms with Gasteiger partial charge in [0, 0.05) is 5.56 Å². The van der Waals surface area contributed by atoms with Crippen molar-refractivity contribution in [2.75, 3.05) is 14.2 Å². The average molecular weight is 270 g/mol. The molecule has 0 spiro atoms. The number of ether oxygens (including phenoxy) is 2. The molecule has 0 atom stereocenters. The third-order valence-corrected chi connectivity index (χ3v) is 3.30. The number of methoxy groups -OCH3 is 2. The van der Waals surface area contributed by atoms with Crippen LogP contribution in [-0.4, -0.2) is 20.5 Å². The van der Waals surface area contributed by atoms with Crippen molar-refractivity contribution < 1.29 is 14.3 Å². The predicted molar refractivity (Wildman–Crippen MR) is 78.8 cm³/mol. The summed E-state index contributed by atoms with van der Waals surface area (Å²) in [5.74, 6) is 1.24. The Bertz CT molecular complexity index is 576. The molecule has 20 heavy (non-hydrogen) atoms. The van der Waals surface area contributed by atoms with Crippen molar-refractivity contribution in [2.24, 2.45) is 0 Å². The molecule has 0 aliphatic rings. The second kappa shape index (κ2) is 6.75. The molecule has 0 aliphatic carbocycles. The van der Waals surface area contributed by atoms with Crippen LogP contribution in [0.3, 0.4) is 0 Å². The van der Waals surface area contributed by atoms with E-state index >= 15 is 0 Å². The van der Waals surface area contributed by atoms with Crippen LogP contribution in [0.5, 0.6) is 11.5 Å². The lowest BCUT2D eigenvalue weighted by atomic mass is 9.99. The van der Waals surface area contributed by atoms with Crippen LogP contribution in [0.2, 0.25) is 0 Å². The van der Waals surface area contributed by atoms with Crippen LogP contribution in [0.15, 0.2) is 42.5 Å². The molecule has 0 aromatic heterocycles. The summed E-state index contributed by atoms with van der Waals surface area (Å²) < 4.78 is 10.5. The third kappa shape index (κ3) is 3.18. The molecule has 0 saturated carbocycles. The molecule has 3 heteroatoms. The molecule has 0 unspecified atom stereocenters. The van der Waals surface area contributed by atoms with E-state index in [1.807, 2.05) is 24.3 Å². The van der Waals surface area contributed by atoms with Crippen LogP contribution in [0.4, 0.5) is 0 Å². The molecule has 2 aromatic rings. The molecule has 2 rings (SSSR count). The van der Waals surface area contributed by atoms with Gasteiger partial charge >= 0.3 is 0 Å². The highest BCUT2D eigenvalue weighted by molar-refractivity contribution is 5.79. The molecular formula is C17H18O3. The Labute approximate surface area is 119 Å². The number of hydrogen-bond donors (Lipinski definition) is 0. The Balaban J connectivity index is 2.24. The molecule has 3 nitrogen and oxygen atoms in total. The fourth-order valence-corrected chi connectivity index (χ4v) is 2.19. The number of benzene rings is 2. The highest BCUT2D eigenvalue weighted by Crippen LogP contribution is 2.30. The van der Waals surface area contributed by atoms with Crippen LogP contribution in [-0.2, 0) is 12.8 Å². The minimum Gasteiger partial charge on any atom is -0.493 e. The van der Waals surface area contributed by atoms with Crippen LogP contribution < -0.4 is 9.47 Å². The number of carbonyl (C=O) groups is 1. The van der Waals surface area contributed by atoms with Gasteiger partial charge in [0.05, 0.1) is 14.2 Å². The van der Waals surface area contributed by atoms with E-state index < -0.39 is 0 Å². The Hall–Kier alpha value is -2.29. The van der Waals surface area contributed by atoms with Gasteiger partial charge in [-0.05, 0) is 36.1 Å². The van der Waals surface area contributed by atoms with Gasteiger partial charge < -0.3 is 9.47 Å². The summed E-state index contributed by atoms with van der Waals surface area (Å²) in [5, 5.41) is 0. The standard InChI is InChI=1S/C17H18O3/c1-19-16-10-14(15(12-18)11-17(16)20-2)9-8-13-6-4-3-5-7-13/h3-7,10-12H,8-9H2,1-2H3. The zero-order chi connectivity index (χ0) is 14.4. The molecular weight excluding hydrogens is 252 g/mol. The molecule has 104 valence electrons. The Morgan fingerprint density at radius 1 is 0.950 bits per heavy atom. The lowest BCUT2D eigenvalue weighted by Gasteiger charge is -2.12. The summed E-state index contributed by atoms with van der Waals surface area (Å²) in [6.07, 6.45) is 2.54.